The van der Waals surface area contributed by atoms with E-state index in [1.54, 1.807) is 6.07 Å². The Labute approximate surface area is 159 Å². The molecule has 152 valence electrons. The average Bonchev–Trinajstić information content (AvgIpc) is 3.03. The summed E-state index contributed by atoms with van der Waals surface area (Å²) in [5.41, 5.74) is 0. The van der Waals surface area contributed by atoms with E-state index in [1.165, 1.54) is 24.3 Å². The molecule has 0 saturated heterocycles. The first-order chi connectivity index (χ1) is 13.3. The van der Waals surface area contributed by atoms with Gasteiger partial charge in [-0.05, 0) is 23.5 Å². The van der Waals surface area contributed by atoms with E-state index in [0.717, 1.165) is 0 Å². The van der Waals surface area contributed by atoms with Gasteiger partial charge in [0.15, 0.2) is 0 Å². The summed E-state index contributed by atoms with van der Waals surface area (Å²) < 4.78 is 39.5. The number of ether oxygens (including phenoxy) is 2. The number of hydrogen-bond acceptors (Lipinski definition) is 9. The number of aliphatic carboxylic acids is 1. The van der Waals surface area contributed by atoms with E-state index in [-0.39, 0.29) is 48.7 Å². The molecule has 1 aromatic heterocycles. The van der Waals surface area contributed by atoms with Gasteiger partial charge in [-0.15, -0.1) is 0 Å². The molecule has 2 aromatic rings. The first-order valence-electron chi connectivity index (χ1n) is 8.22. The summed E-state index contributed by atoms with van der Waals surface area (Å²) in [5, 5.41) is 22.7. The van der Waals surface area contributed by atoms with Gasteiger partial charge in [-0.3, -0.25) is 14.2 Å². The molecular formula is C16H18N2O9S. The van der Waals surface area contributed by atoms with E-state index in [4.69, 9.17) is 14.6 Å². The van der Waals surface area contributed by atoms with Crippen LogP contribution in [0.3, 0.4) is 0 Å². The molecule has 1 heterocycles. The average molecular weight is 414 g/mol. The van der Waals surface area contributed by atoms with Crippen LogP contribution in [0.4, 0.5) is 0 Å². The first kappa shape index (κ1) is 21.2. The zero-order valence-electron chi connectivity index (χ0n) is 14.6. The number of carbonyl (C=O) groups is 2. The summed E-state index contributed by atoms with van der Waals surface area (Å²) in [7, 11) is -4.19. The fourth-order valence-corrected chi connectivity index (χ4v) is 3.41. The third-order valence-electron chi connectivity index (χ3n) is 3.42. The van der Waals surface area contributed by atoms with Gasteiger partial charge in [-0.1, -0.05) is 18.2 Å². The van der Waals surface area contributed by atoms with Crippen LogP contribution >= 0.6 is 0 Å². The zero-order chi connectivity index (χ0) is 20.6. The van der Waals surface area contributed by atoms with Crippen LogP contribution in [0.2, 0.25) is 0 Å². The molecule has 1 N–H and O–H groups in total. The van der Waals surface area contributed by atoms with Crippen molar-refractivity contribution in [3.8, 4) is 5.88 Å². The van der Waals surface area contributed by atoms with Crippen LogP contribution < -0.4 is 9.64 Å². The van der Waals surface area contributed by atoms with Crippen molar-refractivity contribution < 1.29 is 42.1 Å². The molecule has 12 heteroatoms. The molecule has 0 fully saturated rings. The summed E-state index contributed by atoms with van der Waals surface area (Å²) in [6.45, 7) is -0.117. The summed E-state index contributed by atoms with van der Waals surface area (Å²) >= 11 is 0. The second kappa shape index (κ2) is 9.69. The second-order valence-electron chi connectivity index (χ2n) is 5.53. The van der Waals surface area contributed by atoms with Gasteiger partial charge in [-0.2, -0.15) is 0 Å². The smallest absolute Gasteiger partial charge is 0.414 e. The number of benzene rings is 1. The Morgan fingerprint density at radius 3 is 2.54 bits per heavy atom. The van der Waals surface area contributed by atoms with Crippen molar-refractivity contribution in [3.63, 3.8) is 0 Å². The number of sulfone groups is 1. The van der Waals surface area contributed by atoms with E-state index in [0.29, 0.717) is 0 Å². The van der Waals surface area contributed by atoms with Crippen LogP contribution in [0, 0.1) is 5.21 Å². The monoisotopic (exact) mass is 414 g/mol. The van der Waals surface area contributed by atoms with Crippen molar-refractivity contribution in [2.75, 3.05) is 13.2 Å². The maximum Gasteiger partial charge on any atom is 0.414 e. The minimum atomic E-state index is -4.19. The minimum absolute atomic E-state index is 0.0217. The Hall–Kier alpha value is -3.15. The van der Waals surface area contributed by atoms with Crippen LogP contribution in [-0.4, -0.2) is 43.8 Å². The van der Waals surface area contributed by atoms with Gasteiger partial charge in [0.05, 0.1) is 23.3 Å². The predicted octanol–water partition coefficient (Wildman–Crippen LogP) is 0.708. The molecule has 0 atom stereocenters. The number of nitrogens with zero attached hydrogens (tertiary/aromatic N) is 2. The predicted molar refractivity (Wildman–Crippen MR) is 89.9 cm³/mol. The molecule has 0 aliphatic heterocycles. The van der Waals surface area contributed by atoms with E-state index in [1.807, 2.05) is 0 Å². The summed E-state index contributed by atoms with van der Waals surface area (Å²) in [6.07, 6.45) is 0.222. The van der Waals surface area contributed by atoms with Crippen LogP contribution in [-0.2, 0) is 24.2 Å². The maximum absolute atomic E-state index is 12.6. The van der Waals surface area contributed by atoms with Gasteiger partial charge in [-0.25, -0.2) is 8.42 Å². The molecule has 0 unspecified atom stereocenters. The van der Waals surface area contributed by atoms with E-state index < -0.39 is 32.7 Å². The van der Waals surface area contributed by atoms with Gasteiger partial charge in [0.25, 0.3) is 9.84 Å². The Bertz CT molecular complexity index is 909. The highest BCUT2D eigenvalue weighted by molar-refractivity contribution is 7.91. The molecular weight excluding hydrogens is 396 g/mol. The van der Waals surface area contributed by atoms with E-state index >= 15 is 0 Å². The van der Waals surface area contributed by atoms with Gasteiger partial charge < -0.3 is 19.8 Å². The molecule has 11 nitrogen and oxygen atoms in total. The standard InChI is InChI=1S/C16H18N2O9S/c19-13(20)8-4-9-14(21)25-10-5-11-26-15-16(18(22)27-17-15)28(23,24)12-6-2-1-3-7-12/h1-3,6-7H,4-5,8-11H2,(H,19,20). The third-order valence-corrected chi connectivity index (χ3v) is 5.14. The normalized spacial score (nSPS) is 11.1. The van der Waals surface area contributed by atoms with Crippen molar-refractivity contribution in [1.82, 2.24) is 5.16 Å². The third kappa shape index (κ3) is 5.67. The molecule has 0 aliphatic rings. The Balaban J connectivity index is 1.86. The molecule has 0 spiro atoms. The number of carbonyl (C=O) groups excluding carboxylic acids is 1. The number of aromatic nitrogens is 2. The minimum Gasteiger partial charge on any atom is -0.481 e. The molecule has 0 aliphatic carbocycles. The van der Waals surface area contributed by atoms with Crippen LogP contribution in [0.1, 0.15) is 25.7 Å². The van der Waals surface area contributed by atoms with Crippen molar-refractivity contribution in [2.24, 2.45) is 0 Å². The SMILES string of the molecule is O=C(O)CCCC(=O)OCCCOc1no[n+]([O-])c1S(=O)(=O)c1ccccc1. The molecule has 0 amide bonds. The number of rotatable bonds is 11. The van der Waals surface area contributed by atoms with Crippen molar-refractivity contribution >= 4 is 21.8 Å². The van der Waals surface area contributed by atoms with Gasteiger partial charge in [0, 0.05) is 19.3 Å². The molecule has 0 bridgehead atoms. The fourth-order valence-electron chi connectivity index (χ4n) is 2.11. The quantitative estimate of drug-likeness (QED) is 0.315. The lowest BCUT2D eigenvalue weighted by atomic mass is 10.2. The van der Waals surface area contributed by atoms with Gasteiger partial charge in [0.1, 0.15) is 0 Å². The van der Waals surface area contributed by atoms with Crippen molar-refractivity contribution in [1.29, 1.82) is 0 Å². The Kier molecular flexibility index (Phi) is 7.32. The number of carboxylic acids is 1. The lowest BCUT2D eigenvalue weighted by molar-refractivity contribution is -0.832. The number of carboxylic acid groups (broad SMARTS) is 1. The molecule has 28 heavy (non-hydrogen) atoms. The van der Waals surface area contributed by atoms with Crippen molar-refractivity contribution in [3.05, 3.63) is 35.5 Å². The van der Waals surface area contributed by atoms with Crippen LogP contribution in [0.15, 0.2) is 44.9 Å². The highest BCUT2D eigenvalue weighted by atomic mass is 32.2. The lowest BCUT2D eigenvalue weighted by Crippen LogP contribution is -2.31. The summed E-state index contributed by atoms with van der Waals surface area (Å²) in [5.74, 6) is -2.04. The van der Waals surface area contributed by atoms with Crippen LogP contribution in [0.25, 0.3) is 0 Å². The fraction of sp³-hybridized carbons (Fsp3) is 0.375. The topological polar surface area (TPSA) is 160 Å². The lowest BCUT2D eigenvalue weighted by Gasteiger charge is -2.05. The van der Waals surface area contributed by atoms with Crippen molar-refractivity contribution in [2.45, 2.75) is 35.6 Å². The largest absolute Gasteiger partial charge is 0.481 e. The summed E-state index contributed by atoms with van der Waals surface area (Å²) in [6, 6.07) is 7.26. The summed E-state index contributed by atoms with van der Waals surface area (Å²) in [4.78, 5) is 21.4. The number of hydrogen-bond donors (Lipinski definition) is 1. The molecule has 2 rings (SSSR count). The first-order valence-corrected chi connectivity index (χ1v) is 9.70. The Morgan fingerprint density at radius 1 is 1.14 bits per heavy atom. The van der Waals surface area contributed by atoms with Crippen LogP contribution in [0.5, 0.6) is 5.88 Å². The van der Waals surface area contributed by atoms with E-state index in [2.05, 4.69) is 9.79 Å². The molecule has 0 radical (unpaired) electrons. The highest BCUT2D eigenvalue weighted by Gasteiger charge is 2.35. The van der Waals surface area contributed by atoms with Gasteiger partial charge >= 0.3 is 22.8 Å². The second-order valence-corrected chi connectivity index (χ2v) is 7.39. The van der Waals surface area contributed by atoms with E-state index in [9.17, 15) is 23.2 Å². The highest BCUT2D eigenvalue weighted by Crippen LogP contribution is 2.24. The number of esters is 1. The maximum atomic E-state index is 12.6. The molecule has 0 saturated carbocycles. The van der Waals surface area contributed by atoms with Gasteiger partial charge in [0.2, 0.25) is 0 Å². The Morgan fingerprint density at radius 2 is 1.86 bits per heavy atom. The zero-order valence-corrected chi connectivity index (χ0v) is 15.5. The molecule has 1 aromatic carbocycles.